The van der Waals surface area contributed by atoms with E-state index >= 15 is 0 Å². The summed E-state index contributed by atoms with van der Waals surface area (Å²) < 4.78 is 5.68. The van der Waals surface area contributed by atoms with Crippen molar-refractivity contribution >= 4 is 42.1 Å². The third kappa shape index (κ3) is 4.70. The Morgan fingerprint density at radius 1 is 1.52 bits per heavy atom. The number of carbonyl (C=O) groups excluding carboxylic acids is 1. The molecule has 0 bridgehead atoms. The number of rotatable bonds is 3. The number of thiophene rings is 1. The summed E-state index contributed by atoms with van der Waals surface area (Å²) in [5.41, 5.74) is 1.71. The van der Waals surface area contributed by atoms with Crippen LogP contribution in [-0.4, -0.2) is 41.5 Å². The van der Waals surface area contributed by atoms with E-state index in [1.54, 1.807) is 11.3 Å². The Morgan fingerprint density at radius 3 is 2.96 bits per heavy atom. The Labute approximate surface area is 152 Å². The molecule has 1 saturated heterocycles. The van der Waals surface area contributed by atoms with Gasteiger partial charge in [-0.15, -0.1) is 24.8 Å². The largest absolute Gasteiger partial charge is 0.441 e. The van der Waals surface area contributed by atoms with Gasteiger partial charge in [0.25, 0.3) is 0 Å². The van der Waals surface area contributed by atoms with E-state index < -0.39 is 0 Å². The minimum absolute atomic E-state index is 0. The number of piperazine rings is 1. The first-order valence-electron chi connectivity index (χ1n) is 7.13. The van der Waals surface area contributed by atoms with Crippen LogP contribution in [0.1, 0.15) is 18.4 Å². The average molecular weight is 378 g/mol. The minimum atomic E-state index is 0. The molecule has 0 spiro atoms. The predicted octanol–water partition coefficient (Wildman–Crippen LogP) is 2.92. The van der Waals surface area contributed by atoms with E-state index in [9.17, 15) is 4.79 Å². The first kappa shape index (κ1) is 20.0. The zero-order chi connectivity index (χ0) is 14.8. The van der Waals surface area contributed by atoms with Crippen molar-refractivity contribution in [2.24, 2.45) is 0 Å². The molecule has 0 saturated carbocycles. The lowest BCUT2D eigenvalue weighted by molar-refractivity contribution is -0.131. The fraction of sp³-hybridized carbons (Fsp3) is 0.467. The van der Waals surface area contributed by atoms with Crippen molar-refractivity contribution in [2.45, 2.75) is 26.3 Å². The number of hydrogen-bond acceptors (Lipinski definition) is 5. The predicted molar refractivity (Wildman–Crippen MR) is 96.8 cm³/mol. The van der Waals surface area contributed by atoms with Gasteiger partial charge in [0.05, 0.1) is 12.1 Å². The van der Waals surface area contributed by atoms with E-state index in [-0.39, 0.29) is 30.7 Å². The number of hydrogen-bond donors (Lipinski definition) is 1. The molecule has 1 atom stereocenters. The van der Waals surface area contributed by atoms with Crippen molar-refractivity contribution in [1.29, 1.82) is 0 Å². The van der Waals surface area contributed by atoms with Crippen LogP contribution in [0.5, 0.6) is 0 Å². The van der Waals surface area contributed by atoms with Gasteiger partial charge in [0, 0.05) is 36.6 Å². The van der Waals surface area contributed by atoms with Gasteiger partial charge >= 0.3 is 0 Å². The summed E-state index contributed by atoms with van der Waals surface area (Å²) in [4.78, 5) is 18.8. The maximum absolute atomic E-state index is 12.4. The van der Waals surface area contributed by atoms with Gasteiger partial charge in [-0.2, -0.15) is 11.3 Å². The van der Waals surface area contributed by atoms with Crippen LogP contribution in [-0.2, 0) is 11.2 Å². The second-order valence-electron chi connectivity index (χ2n) is 5.41. The second kappa shape index (κ2) is 8.68. The van der Waals surface area contributed by atoms with Crippen LogP contribution in [0.4, 0.5) is 0 Å². The molecule has 8 heteroatoms. The fourth-order valence-corrected chi connectivity index (χ4v) is 3.15. The lowest BCUT2D eigenvalue weighted by atomic mass is 10.2. The lowest BCUT2D eigenvalue weighted by Gasteiger charge is -2.31. The number of amides is 1. The van der Waals surface area contributed by atoms with Gasteiger partial charge < -0.3 is 14.6 Å². The normalized spacial score (nSPS) is 17.3. The molecular weight excluding hydrogens is 357 g/mol. The molecule has 0 radical (unpaired) electrons. The summed E-state index contributed by atoms with van der Waals surface area (Å²) in [6.07, 6.45) is 0.312. The van der Waals surface area contributed by atoms with E-state index in [4.69, 9.17) is 4.42 Å². The van der Waals surface area contributed by atoms with E-state index in [0.29, 0.717) is 18.4 Å². The molecule has 1 fully saturated rings. The van der Waals surface area contributed by atoms with Crippen LogP contribution in [0.15, 0.2) is 21.2 Å². The number of nitrogens with zero attached hydrogens (tertiary/aromatic N) is 2. The number of nitrogens with one attached hydrogen (secondary N) is 1. The van der Waals surface area contributed by atoms with E-state index in [0.717, 1.165) is 36.7 Å². The van der Waals surface area contributed by atoms with Gasteiger partial charge in [-0.05, 0) is 25.3 Å². The molecule has 23 heavy (non-hydrogen) atoms. The molecule has 0 aromatic carbocycles. The Bertz CT molecular complexity index is 631. The fourth-order valence-electron chi connectivity index (χ4n) is 2.52. The Morgan fingerprint density at radius 2 is 2.30 bits per heavy atom. The zero-order valence-electron chi connectivity index (χ0n) is 13.1. The minimum Gasteiger partial charge on any atom is -0.441 e. The summed E-state index contributed by atoms with van der Waals surface area (Å²) >= 11 is 1.60. The van der Waals surface area contributed by atoms with Crippen LogP contribution >= 0.6 is 36.2 Å². The lowest BCUT2D eigenvalue weighted by Crippen LogP contribution is -2.51. The Balaban J connectivity index is 0.00000132. The summed E-state index contributed by atoms with van der Waals surface area (Å²) in [5, 5.41) is 7.32. The average Bonchev–Trinajstić information content (AvgIpc) is 3.09. The van der Waals surface area contributed by atoms with Crippen LogP contribution < -0.4 is 5.32 Å². The quantitative estimate of drug-likeness (QED) is 0.892. The van der Waals surface area contributed by atoms with Crippen molar-refractivity contribution < 1.29 is 9.21 Å². The molecule has 1 N–H and O–H groups in total. The SMILES string of the molecule is Cc1oc(-c2ccsc2)nc1CC(=O)N1CCNC(C)C1.Cl.Cl. The Kier molecular flexibility index (Phi) is 7.54. The van der Waals surface area contributed by atoms with Crippen molar-refractivity contribution in [3.8, 4) is 11.5 Å². The van der Waals surface area contributed by atoms with Crippen molar-refractivity contribution in [1.82, 2.24) is 15.2 Å². The first-order valence-corrected chi connectivity index (χ1v) is 8.08. The van der Waals surface area contributed by atoms with Crippen molar-refractivity contribution in [3.63, 3.8) is 0 Å². The van der Waals surface area contributed by atoms with Crippen LogP contribution in [0, 0.1) is 6.92 Å². The molecular formula is C15H21Cl2N3O2S. The molecule has 1 amide bonds. The van der Waals surface area contributed by atoms with Gasteiger partial charge in [-0.1, -0.05) is 0 Å². The standard InChI is InChI=1S/C15H19N3O2S.2ClH/c1-10-8-18(5-4-16-10)14(19)7-13-11(2)20-15(17-13)12-3-6-21-9-12;;/h3,6,9-10,16H,4-5,7-8H2,1-2H3;2*1H. The van der Waals surface area contributed by atoms with Crippen molar-refractivity contribution in [2.75, 3.05) is 19.6 Å². The van der Waals surface area contributed by atoms with Crippen LogP contribution in [0.3, 0.4) is 0 Å². The number of aromatic nitrogens is 1. The highest BCUT2D eigenvalue weighted by molar-refractivity contribution is 7.08. The molecule has 3 heterocycles. The summed E-state index contributed by atoms with van der Waals surface area (Å²) in [7, 11) is 0. The van der Waals surface area contributed by atoms with Crippen molar-refractivity contribution in [3.05, 3.63) is 28.3 Å². The number of halogens is 2. The number of aryl methyl sites for hydroxylation is 1. The zero-order valence-corrected chi connectivity index (χ0v) is 15.5. The molecule has 1 aliphatic rings. The number of oxazole rings is 1. The third-order valence-corrected chi connectivity index (χ3v) is 4.38. The topological polar surface area (TPSA) is 58.4 Å². The van der Waals surface area contributed by atoms with E-state index in [2.05, 4.69) is 17.2 Å². The highest BCUT2D eigenvalue weighted by atomic mass is 35.5. The van der Waals surface area contributed by atoms with Gasteiger partial charge in [0.15, 0.2) is 0 Å². The summed E-state index contributed by atoms with van der Waals surface area (Å²) in [6.45, 7) is 6.33. The smallest absolute Gasteiger partial charge is 0.228 e. The third-order valence-electron chi connectivity index (χ3n) is 3.70. The molecule has 2 aromatic heterocycles. The first-order chi connectivity index (χ1) is 10.1. The molecule has 0 aliphatic carbocycles. The van der Waals surface area contributed by atoms with Gasteiger partial charge in [0.2, 0.25) is 11.8 Å². The maximum atomic E-state index is 12.4. The van der Waals surface area contributed by atoms with Crippen LogP contribution in [0.25, 0.3) is 11.5 Å². The molecule has 1 unspecified atom stereocenters. The highest BCUT2D eigenvalue weighted by Gasteiger charge is 2.23. The molecule has 2 aromatic rings. The van der Waals surface area contributed by atoms with Gasteiger partial charge in [-0.25, -0.2) is 4.98 Å². The monoisotopic (exact) mass is 377 g/mol. The Hall–Kier alpha value is -1.08. The molecule has 5 nitrogen and oxygen atoms in total. The molecule has 1 aliphatic heterocycles. The second-order valence-corrected chi connectivity index (χ2v) is 6.19. The molecule has 128 valence electrons. The van der Waals surface area contributed by atoms with Crippen LogP contribution in [0.2, 0.25) is 0 Å². The van der Waals surface area contributed by atoms with Gasteiger partial charge in [0.1, 0.15) is 5.76 Å². The summed E-state index contributed by atoms with van der Waals surface area (Å²) in [5.74, 6) is 1.45. The number of carbonyl (C=O) groups is 1. The van der Waals surface area contributed by atoms with E-state index in [1.807, 2.05) is 28.7 Å². The maximum Gasteiger partial charge on any atom is 0.228 e. The molecule has 3 rings (SSSR count). The van der Waals surface area contributed by atoms with E-state index in [1.165, 1.54) is 0 Å². The summed E-state index contributed by atoms with van der Waals surface area (Å²) in [6, 6.07) is 2.32. The van der Waals surface area contributed by atoms with Gasteiger partial charge in [-0.3, -0.25) is 4.79 Å². The highest BCUT2D eigenvalue weighted by Crippen LogP contribution is 2.24.